The van der Waals surface area contributed by atoms with E-state index in [4.69, 9.17) is 5.10 Å². The number of fused-ring (bicyclic) bond motifs is 1. The van der Waals surface area contributed by atoms with E-state index in [1.165, 1.54) is 12.5 Å². The van der Waals surface area contributed by atoms with Crippen LogP contribution in [0.25, 0.3) is 17.1 Å². The number of allylic oxidation sites excluding steroid dienone is 1. The number of alkyl halides is 1. The van der Waals surface area contributed by atoms with Crippen molar-refractivity contribution in [2.24, 2.45) is 0 Å². The van der Waals surface area contributed by atoms with Crippen LogP contribution >= 0.6 is 9.24 Å². The number of carbonyl (C=O) groups is 1. The molecule has 4 rings (SSSR count). The molecule has 0 spiro atoms. The number of hydrogen-bond donors (Lipinski definition) is 0. The molecule has 0 saturated carbocycles. The van der Waals surface area contributed by atoms with Gasteiger partial charge in [-0.25, -0.2) is 14.1 Å². The average Bonchev–Trinajstić information content (AvgIpc) is 3.53. The summed E-state index contributed by atoms with van der Waals surface area (Å²) < 4.78 is 18.5. The maximum Gasteiger partial charge on any atom is 0.230 e. The summed E-state index contributed by atoms with van der Waals surface area (Å²) in [5.41, 5.74) is 5.61. The van der Waals surface area contributed by atoms with Crippen LogP contribution in [0.3, 0.4) is 0 Å². The Kier molecular flexibility index (Phi) is 8.36. The Morgan fingerprint density at radius 2 is 1.87 bits per heavy atom. The molecule has 1 aliphatic heterocycles. The van der Waals surface area contributed by atoms with Crippen LogP contribution < -0.4 is 4.90 Å². The van der Waals surface area contributed by atoms with Gasteiger partial charge in [0.25, 0.3) is 0 Å². The van der Waals surface area contributed by atoms with Crippen LogP contribution in [0.15, 0.2) is 42.1 Å². The zero-order valence-electron chi connectivity index (χ0n) is 24.5. The number of hydrogen-bond acceptors (Lipinski definition) is 4. The fourth-order valence-electron chi connectivity index (χ4n) is 5.05. The molecule has 0 saturated heterocycles. The molecule has 3 atom stereocenters. The van der Waals surface area contributed by atoms with Gasteiger partial charge >= 0.3 is 0 Å². The van der Waals surface area contributed by atoms with E-state index in [1.807, 2.05) is 45.3 Å². The quantitative estimate of drug-likeness (QED) is 0.275. The number of amides is 1. The Morgan fingerprint density at radius 3 is 2.44 bits per heavy atom. The zero-order chi connectivity index (χ0) is 28.6. The highest BCUT2D eigenvalue weighted by Gasteiger charge is 2.32. The molecule has 0 bridgehead atoms. The van der Waals surface area contributed by atoms with Gasteiger partial charge in [0.1, 0.15) is 17.3 Å². The molecule has 1 amide bonds. The number of benzene rings is 1. The van der Waals surface area contributed by atoms with Crippen molar-refractivity contribution < 1.29 is 9.18 Å². The van der Waals surface area contributed by atoms with E-state index in [9.17, 15) is 9.18 Å². The molecule has 3 aromatic rings. The number of anilines is 1. The lowest BCUT2D eigenvalue weighted by atomic mass is 10.0. The smallest absolute Gasteiger partial charge is 0.230 e. The van der Waals surface area contributed by atoms with Crippen molar-refractivity contribution in [3.05, 3.63) is 59.1 Å². The minimum Gasteiger partial charge on any atom is -0.370 e. The third kappa shape index (κ3) is 5.67. The van der Waals surface area contributed by atoms with E-state index < -0.39 is 5.41 Å². The fourth-order valence-corrected chi connectivity index (χ4v) is 5.19. The average molecular weight is 553 g/mol. The molecule has 1 aliphatic rings. The number of aromatic nitrogens is 4. The normalized spacial score (nSPS) is 16.7. The van der Waals surface area contributed by atoms with Crippen molar-refractivity contribution in [2.75, 3.05) is 11.9 Å². The molecule has 210 valence electrons. The number of aryl methyl sites for hydroxylation is 2. The SMILES string of the molecule is CC/C(C)=C(/c1cc2n(n1)CCC(=O)N2C(C)c1ccc(-c2nc(C(C)(F)P)cn2CC)cc1)N(C)C(C)C. The lowest BCUT2D eigenvalue weighted by Gasteiger charge is -2.33. The highest BCUT2D eigenvalue weighted by molar-refractivity contribution is 7.18. The molecule has 3 unspecified atom stereocenters. The Morgan fingerprint density at radius 1 is 1.21 bits per heavy atom. The van der Waals surface area contributed by atoms with Crippen molar-refractivity contribution in [1.29, 1.82) is 0 Å². The molecule has 9 heteroatoms. The Balaban J connectivity index is 1.68. The fraction of sp³-hybridized carbons (Fsp3) is 0.500. The van der Waals surface area contributed by atoms with Crippen molar-refractivity contribution in [3.63, 3.8) is 0 Å². The van der Waals surface area contributed by atoms with E-state index in [-0.39, 0.29) is 11.9 Å². The van der Waals surface area contributed by atoms with Crippen LogP contribution in [0.1, 0.15) is 84.3 Å². The molecule has 0 fully saturated rings. The maximum absolute atomic E-state index is 14.5. The molecule has 7 nitrogen and oxygen atoms in total. The van der Waals surface area contributed by atoms with Gasteiger partial charge in [0.15, 0.2) is 5.41 Å². The highest BCUT2D eigenvalue weighted by atomic mass is 31.0. The highest BCUT2D eigenvalue weighted by Crippen LogP contribution is 2.36. The molecular formula is C30H42FN6OP. The van der Waals surface area contributed by atoms with Gasteiger partial charge in [0.2, 0.25) is 5.91 Å². The molecule has 0 aliphatic carbocycles. The lowest BCUT2D eigenvalue weighted by molar-refractivity contribution is -0.120. The van der Waals surface area contributed by atoms with Gasteiger partial charge in [-0.1, -0.05) is 40.4 Å². The summed E-state index contributed by atoms with van der Waals surface area (Å²) >= 11 is 0. The van der Waals surface area contributed by atoms with Gasteiger partial charge in [-0.3, -0.25) is 9.69 Å². The van der Waals surface area contributed by atoms with Gasteiger partial charge in [-0.05, 0) is 59.1 Å². The first-order valence-electron chi connectivity index (χ1n) is 13.9. The minimum absolute atomic E-state index is 0.0920. The molecule has 0 N–H and O–H groups in total. The summed E-state index contributed by atoms with van der Waals surface area (Å²) in [7, 11) is 4.32. The van der Waals surface area contributed by atoms with E-state index in [0.717, 1.165) is 40.6 Å². The summed E-state index contributed by atoms with van der Waals surface area (Å²) in [6, 6.07) is 10.3. The molecule has 2 aromatic heterocycles. The van der Waals surface area contributed by atoms with E-state index in [1.54, 1.807) is 6.20 Å². The van der Waals surface area contributed by atoms with Crippen LogP contribution in [0.5, 0.6) is 0 Å². The predicted octanol–water partition coefficient (Wildman–Crippen LogP) is 6.76. The Labute approximate surface area is 234 Å². The Hall–Kier alpha value is -2.99. The summed E-state index contributed by atoms with van der Waals surface area (Å²) in [6.07, 6.45) is 3.11. The van der Waals surface area contributed by atoms with Crippen LogP contribution in [0, 0.1) is 0 Å². The van der Waals surface area contributed by atoms with Crippen molar-refractivity contribution in [2.45, 2.75) is 91.9 Å². The van der Waals surface area contributed by atoms with Crippen LogP contribution in [-0.4, -0.2) is 43.2 Å². The number of imidazole rings is 1. The zero-order valence-corrected chi connectivity index (χ0v) is 25.6. The molecule has 3 heterocycles. The third-order valence-electron chi connectivity index (χ3n) is 7.77. The standard InChI is InChI=1S/C30H42FN6OP/c1-9-20(5)28(34(8)19(3)4)24-17-26-36(33-24)16-15-27(38)37(26)21(6)22-11-13-23(14-12-22)29-32-25(30(7,31)39)18-35(29)10-2/h11-14,17-19,21H,9-10,15-16,39H2,1-8H3/b28-20-. The van der Waals surface area contributed by atoms with Crippen LogP contribution in [0.2, 0.25) is 0 Å². The largest absolute Gasteiger partial charge is 0.370 e. The van der Waals surface area contributed by atoms with Gasteiger partial charge in [-0.2, -0.15) is 5.10 Å². The second-order valence-corrected chi connectivity index (χ2v) is 12.0. The van der Waals surface area contributed by atoms with Gasteiger partial charge in [0, 0.05) is 43.9 Å². The van der Waals surface area contributed by atoms with Crippen LogP contribution in [0.4, 0.5) is 10.2 Å². The van der Waals surface area contributed by atoms with Crippen molar-refractivity contribution in [3.8, 4) is 11.4 Å². The van der Waals surface area contributed by atoms with Gasteiger partial charge in [-0.15, -0.1) is 0 Å². The summed E-state index contributed by atoms with van der Waals surface area (Å²) in [5, 5.41) is 3.37. The molecular weight excluding hydrogens is 510 g/mol. The van der Waals surface area contributed by atoms with Crippen molar-refractivity contribution >= 4 is 26.7 Å². The maximum atomic E-state index is 14.5. The summed E-state index contributed by atoms with van der Waals surface area (Å²) in [6.45, 7) is 15.5. The number of nitrogens with zero attached hydrogens (tertiary/aromatic N) is 6. The third-order valence-corrected chi connectivity index (χ3v) is 8.07. The summed E-state index contributed by atoms with van der Waals surface area (Å²) in [4.78, 5) is 22.0. The van der Waals surface area contributed by atoms with E-state index in [0.29, 0.717) is 31.2 Å². The van der Waals surface area contributed by atoms with Gasteiger partial charge in [0.05, 0.1) is 24.0 Å². The number of carbonyl (C=O) groups excluding carboxylic acids is 1. The molecule has 39 heavy (non-hydrogen) atoms. The first-order chi connectivity index (χ1) is 18.4. The van der Waals surface area contributed by atoms with Gasteiger partial charge < -0.3 is 9.47 Å². The monoisotopic (exact) mass is 552 g/mol. The van der Waals surface area contributed by atoms with Crippen LogP contribution in [-0.2, 0) is 23.3 Å². The van der Waals surface area contributed by atoms with E-state index >= 15 is 0 Å². The second-order valence-electron chi connectivity index (χ2n) is 10.9. The minimum atomic E-state index is -1.59. The topological polar surface area (TPSA) is 59.2 Å². The molecule has 0 radical (unpaired) electrons. The van der Waals surface area contributed by atoms with Crippen molar-refractivity contribution in [1.82, 2.24) is 24.2 Å². The summed E-state index contributed by atoms with van der Waals surface area (Å²) in [5.74, 6) is 1.65. The lowest BCUT2D eigenvalue weighted by Crippen LogP contribution is -2.39. The number of rotatable bonds is 9. The first-order valence-corrected chi connectivity index (χ1v) is 14.4. The van der Waals surface area contributed by atoms with E-state index in [2.05, 4.69) is 66.9 Å². The second kappa shape index (κ2) is 11.2. The molecule has 1 aromatic carbocycles. The number of halogens is 1. The predicted molar refractivity (Wildman–Crippen MR) is 160 cm³/mol. The Bertz CT molecular complexity index is 1360. The first kappa shape index (κ1) is 29.0.